The van der Waals surface area contributed by atoms with Crippen molar-refractivity contribution in [3.63, 3.8) is 0 Å². The maximum absolute atomic E-state index is 10.6. The number of hydrogen-bond donors (Lipinski definition) is 0. The Bertz CT molecular complexity index is 459. The van der Waals surface area contributed by atoms with Gasteiger partial charge < -0.3 is 9.30 Å². The average Bonchev–Trinajstić information content (AvgIpc) is 2.58. The van der Waals surface area contributed by atoms with E-state index in [1.165, 1.54) is 6.92 Å². The first-order valence-electron chi connectivity index (χ1n) is 4.44. The molecule has 0 saturated heterocycles. The van der Waals surface area contributed by atoms with Crippen molar-refractivity contribution in [3.8, 4) is 0 Å². The van der Waals surface area contributed by atoms with E-state index in [1.54, 1.807) is 0 Å². The molecule has 0 radical (unpaired) electrons. The fourth-order valence-corrected chi connectivity index (χ4v) is 1.41. The van der Waals surface area contributed by atoms with E-state index in [9.17, 15) is 4.79 Å². The maximum atomic E-state index is 10.6. The summed E-state index contributed by atoms with van der Waals surface area (Å²) in [6, 6.07) is 9.97. The Morgan fingerprint density at radius 2 is 2.14 bits per heavy atom. The predicted molar refractivity (Wildman–Crippen MR) is 53.7 cm³/mol. The summed E-state index contributed by atoms with van der Waals surface area (Å²) < 4.78 is 6.82. The fraction of sp³-hybridized carbons (Fsp3) is 0.182. The van der Waals surface area contributed by atoms with Crippen molar-refractivity contribution in [2.24, 2.45) is 0 Å². The number of carbonyl (C=O) groups excluding carboxylic acids is 1. The summed E-state index contributed by atoms with van der Waals surface area (Å²) in [7, 11) is 0. The van der Waals surface area contributed by atoms with Crippen LogP contribution in [-0.4, -0.2) is 10.5 Å². The molecule has 2 aromatic rings. The Labute approximate surface area is 81.9 Å². The molecule has 0 bridgehead atoms. The first kappa shape index (κ1) is 8.81. The zero-order chi connectivity index (χ0) is 9.97. The molecule has 1 aromatic carbocycles. The van der Waals surface area contributed by atoms with Crippen LogP contribution in [0.4, 0.5) is 0 Å². The molecule has 0 atom stereocenters. The van der Waals surface area contributed by atoms with Crippen LogP contribution in [0.15, 0.2) is 36.5 Å². The number of aromatic nitrogens is 1. The number of hydrogen-bond acceptors (Lipinski definition) is 2. The summed E-state index contributed by atoms with van der Waals surface area (Å²) in [5.74, 6) is -0.261. The second kappa shape index (κ2) is 3.54. The molecule has 3 heteroatoms. The number of ether oxygens (including phenoxy) is 1. The summed E-state index contributed by atoms with van der Waals surface area (Å²) in [6.45, 7) is 1.69. The van der Waals surface area contributed by atoms with Gasteiger partial charge in [-0.15, -0.1) is 0 Å². The minimum absolute atomic E-state index is 0.261. The maximum Gasteiger partial charge on any atom is 0.304 e. The van der Waals surface area contributed by atoms with E-state index in [1.807, 2.05) is 41.1 Å². The lowest BCUT2D eigenvalue weighted by molar-refractivity contribution is -0.144. The van der Waals surface area contributed by atoms with E-state index in [0.717, 1.165) is 10.9 Å². The van der Waals surface area contributed by atoms with Crippen LogP contribution in [0.25, 0.3) is 10.9 Å². The number of para-hydroxylation sites is 1. The lowest BCUT2D eigenvalue weighted by atomic mass is 10.2. The van der Waals surface area contributed by atoms with Gasteiger partial charge in [-0.25, -0.2) is 0 Å². The fourth-order valence-electron chi connectivity index (χ4n) is 1.41. The standard InChI is InChI=1S/C11H11NO2/c1-9(13)14-8-12-7-6-10-4-2-3-5-11(10)12/h2-7H,8H2,1H3. The molecule has 0 unspecified atom stereocenters. The van der Waals surface area contributed by atoms with Gasteiger partial charge in [-0.05, 0) is 17.5 Å². The number of esters is 1. The highest BCUT2D eigenvalue weighted by Crippen LogP contribution is 2.14. The number of rotatable bonds is 2. The Hall–Kier alpha value is -1.77. The van der Waals surface area contributed by atoms with Crippen LogP contribution < -0.4 is 0 Å². The molecular weight excluding hydrogens is 178 g/mol. The van der Waals surface area contributed by atoms with E-state index in [4.69, 9.17) is 4.74 Å². The number of nitrogens with zero attached hydrogens (tertiary/aromatic N) is 1. The van der Waals surface area contributed by atoms with E-state index in [2.05, 4.69) is 0 Å². The Balaban J connectivity index is 2.29. The van der Waals surface area contributed by atoms with Gasteiger partial charge in [-0.2, -0.15) is 0 Å². The number of carbonyl (C=O) groups is 1. The van der Waals surface area contributed by atoms with E-state index >= 15 is 0 Å². The predicted octanol–water partition coefficient (Wildman–Crippen LogP) is 2.16. The summed E-state index contributed by atoms with van der Waals surface area (Å²) in [5, 5.41) is 1.15. The van der Waals surface area contributed by atoms with Crippen molar-refractivity contribution in [2.75, 3.05) is 0 Å². The van der Waals surface area contributed by atoms with E-state index in [-0.39, 0.29) is 12.7 Å². The summed E-state index contributed by atoms with van der Waals surface area (Å²) in [5.41, 5.74) is 1.08. The molecule has 0 aliphatic carbocycles. The third kappa shape index (κ3) is 1.62. The first-order valence-corrected chi connectivity index (χ1v) is 4.44. The second-order valence-electron chi connectivity index (χ2n) is 3.11. The van der Waals surface area contributed by atoms with Crippen LogP contribution in [0.2, 0.25) is 0 Å². The van der Waals surface area contributed by atoms with E-state index < -0.39 is 0 Å². The summed E-state index contributed by atoms with van der Waals surface area (Å²) >= 11 is 0. The molecule has 72 valence electrons. The molecule has 0 aliphatic heterocycles. The average molecular weight is 189 g/mol. The molecule has 3 nitrogen and oxygen atoms in total. The Kier molecular flexibility index (Phi) is 2.23. The molecule has 0 aliphatic rings. The van der Waals surface area contributed by atoms with Gasteiger partial charge in [-0.1, -0.05) is 18.2 Å². The van der Waals surface area contributed by atoms with Crippen molar-refractivity contribution in [1.82, 2.24) is 4.57 Å². The van der Waals surface area contributed by atoms with Crippen molar-refractivity contribution in [2.45, 2.75) is 13.7 Å². The van der Waals surface area contributed by atoms with Gasteiger partial charge in [0.2, 0.25) is 0 Å². The third-order valence-corrected chi connectivity index (χ3v) is 2.09. The van der Waals surface area contributed by atoms with Crippen molar-refractivity contribution in [3.05, 3.63) is 36.5 Å². The highest BCUT2D eigenvalue weighted by atomic mass is 16.5. The van der Waals surface area contributed by atoms with Crippen LogP contribution >= 0.6 is 0 Å². The minimum atomic E-state index is -0.261. The SMILES string of the molecule is CC(=O)OCn1ccc2ccccc21. The molecule has 0 N–H and O–H groups in total. The zero-order valence-corrected chi connectivity index (χ0v) is 7.93. The summed E-state index contributed by atoms with van der Waals surface area (Å²) in [4.78, 5) is 10.6. The lowest BCUT2D eigenvalue weighted by Gasteiger charge is -2.04. The second-order valence-corrected chi connectivity index (χ2v) is 3.11. The van der Waals surface area contributed by atoms with Gasteiger partial charge >= 0.3 is 5.97 Å². The van der Waals surface area contributed by atoms with Gasteiger partial charge in [0.15, 0.2) is 6.73 Å². The molecule has 1 aromatic heterocycles. The molecule has 2 rings (SSSR count). The largest absolute Gasteiger partial charge is 0.444 e. The van der Waals surface area contributed by atoms with Gasteiger partial charge in [0.1, 0.15) is 0 Å². The molecule has 0 spiro atoms. The number of fused-ring (bicyclic) bond motifs is 1. The van der Waals surface area contributed by atoms with Crippen LogP contribution in [0.3, 0.4) is 0 Å². The van der Waals surface area contributed by atoms with E-state index in [0.29, 0.717) is 0 Å². The van der Waals surface area contributed by atoms with Crippen molar-refractivity contribution < 1.29 is 9.53 Å². The van der Waals surface area contributed by atoms with Crippen LogP contribution in [0.1, 0.15) is 6.92 Å². The molecule has 0 saturated carbocycles. The van der Waals surface area contributed by atoms with Gasteiger partial charge in [0.05, 0.1) is 5.52 Å². The monoisotopic (exact) mass is 189 g/mol. The quantitative estimate of drug-likeness (QED) is 0.678. The zero-order valence-electron chi connectivity index (χ0n) is 7.93. The van der Waals surface area contributed by atoms with Crippen LogP contribution in [-0.2, 0) is 16.3 Å². The van der Waals surface area contributed by atoms with Gasteiger partial charge in [0, 0.05) is 13.1 Å². The topological polar surface area (TPSA) is 31.2 Å². The highest BCUT2D eigenvalue weighted by Gasteiger charge is 2.00. The lowest BCUT2D eigenvalue weighted by Crippen LogP contribution is -2.04. The first-order chi connectivity index (χ1) is 6.77. The summed E-state index contributed by atoms with van der Waals surface area (Å²) in [6.07, 6.45) is 1.91. The van der Waals surface area contributed by atoms with Crippen LogP contribution in [0.5, 0.6) is 0 Å². The Morgan fingerprint density at radius 3 is 2.93 bits per heavy atom. The normalized spacial score (nSPS) is 10.4. The van der Waals surface area contributed by atoms with Crippen molar-refractivity contribution in [1.29, 1.82) is 0 Å². The van der Waals surface area contributed by atoms with Crippen LogP contribution in [0, 0.1) is 0 Å². The highest BCUT2D eigenvalue weighted by molar-refractivity contribution is 5.79. The smallest absolute Gasteiger partial charge is 0.304 e. The molecule has 0 fully saturated rings. The minimum Gasteiger partial charge on any atom is -0.444 e. The molecule has 1 heterocycles. The molecule has 0 amide bonds. The number of benzene rings is 1. The Morgan fingerprint density at radius 1 is 1.36 bits per heavy atom. The van der Waals surface area contributed by atoms with Crippen molar-refractivity contribution >= 4 is 16.9 Å². The van der Waals surface area contributed by atoms with Gasteiger partial charge in [-0.3, -0.25) is 4.79 Å². The third-order valence-electron chi connectivity index (χ3n) is 2.09. The molecular formula is C11H11NO2. The molecule has 14 heavy (non-hydrogen) atoms. The van der Waals surface area contributed by atoms with Gasteiger partial charge in [0.25, 0.3) is 0 Å².